The molecule has 0 radical (unpaired) electrons. The number of piperidine rings is 1. The van der Waals surface area contributed by atoms with Crippen molar-refractivity contribution in [2.75, 3.05) is 20.2 Å². The standard InChI is InChI=1S/C15H23N3O2/c1-11-6-7-18(13(8-11)9-16)10-12-4-3-5-14(17-12)15(19)20-2/h3-5,11,13H,6-10,16H2,1-2H3. The number of pyridine rings is 1. The van der Waals surface area contributed by atoms with Gasteiger partial charge in [-0.05, 0) is 37.4 Å². The molecule has 1 aliphatic rings. The molecule has 0 saturated carbocycles. The smallest absolute Gasteiger partial charge is 0.356 e. The average Bonchev–Trinajstić information content (AvgIpc) is 2.48. The van der Waals surface area contributed by atoms with Crippen LogP contribution in [0.5, 0.6) is 0 Å². The van der Waals surface area contributed by atoms with Crippen LogP contribution in [0.4, 0.5) is 0 Å². The third kappa shape index (κ3) is 3.55. The zero-order valence-electron chi connectivity index (χ0n) is 12.2. The van der Waals surface area contributed by atoms with Gasteiger partial charge < -0.3 is 10.5 Å². The van der Waals surface area contributed by atoms with Gasteiger partial charge in [0.2, 0.25) is 0 Å². The van der Waals surface area contributed by atoms with Crippen LogP contribution in [0, 0.1) is 5.92 Å². The second kappa shape index (κ2) is 6.81. The number of hydrogen-bond acceptors (Lipinski definition) is 5. The highest BCUT2D eigenvalue weighted by molar-refractivity contribution is 5.87. The van der Waals surface area contributed by atoms with Gasteiger partial charge in [-0.3, -0.25) is 4.90 Å². The van der Waals surface area contributed by atoms with Crippen LogP contribution in [0.2, 0.25) is 0 Å². The molecule has 0 aromatic carbocycles. The first-order valence-electron chi connectivity index (χ1n) is 7.12. The third-order valence-electron chi connectivity index (χ3n) is 3.94. The van der Waals surface area contributed by atoms with Crippen molar-refractivity contribution in [1.29, 1.82) is 0 Å². The Morgan fingerprint density at radius 1 is 1.55 bits per heavy atom. The summed E-state index contributed by atoms with van der Waals surface area (Å²) in [7, 11) is 1.37. The van der Waals surface area contributed by atoms with E-state index in [1.165, 1.54) is 13.5 Å². The number of likely N-dealkylation sites (tertiary alicyclic amines) is 1. The zero-order valence-corrected chi connectivity index (χ0v) is 12.2. The highest BCUT2D eigenvalue weighted by Gasteiger charge is 2.25. The Morgan fingerprint density at radius 3 is 3.05 bits per heavy atom. The zero-order chi connectivity index (χ0) is 14.5. The predicted molar refractivity (Wildman–Crippen MR) is 77.2 cm³/mol. The lowest BCUT2D eigenvalue weighted by Gasteiger charge is -2.37. The highest BCUT2D eigenvalue weighted by atomic mass is 16.5. The molecule has 20 heavy (non-hydrogen) atoms. The van der Waals surface area contributed by atoms with Gasteiger partial charge >= 0.3 is 5.97 Å². The van der Waals surface area contributed by atoms with Crippen LogP contribution in [-0.2, 0) is 11.3 Å². The van der Waals surface area contributed by atoms with E-state index in [-0.39, 0.29) is 0 Å². The molecule has 2 rings (SSSR count). The number of nitrogens with two attached hydrogens (primary N) is 1. The van der Waals surface area contributed by atoms with Crippen molar-refractivity contribution in [1.82, 2.24) is 9.88 Å². The lowest BCUT2D eigenvalue weighted by molar-refractivity contribution is 0.0593. The SMILES string of the molecule is COC(=O)c1cccc(CN2CCC(C)CC2CN)n1. The molecule has 1 aliphatic heterocycles. The van der Waals surface area contributed by atoms with Gasteiger partial charge in [-0.1, -0.05) is 13.0 Å². The second-order valence-corrected chi connectivity index (χ2v) is 5.50. The Morgan fingerprint density at radius 2 is 2.35 bits per heavy atom. The molecule has 110 valence electrons. The summed E-state index contributed by atoms with van der Waals surface area (Å²) in [4.78, 5) is 18.2. The lowest BCUT2D eigenvalue weighted by Crippen LogP contribution is -2.45. The van der Waals surface area contributed by atoms with E-state index in [1.807, 2.05) is 12.1 Å². The molecule has 2 atom stereocenters. The Hall–Kier alpha value is -1.46. The minimum atomic E-state index is -0.394. The molecule has 1 saturated heterocycles. The van der Waals surface area contributed by atoms with Gasteiger partial charge in [-0.2, -0.15) is 0 Å². The van der Waals surface area contributed by atoms with E-state index < -0.39 is 5.97 Å². The first-order chi connectivity index (χ1) is 9.63. The van der Waals surface area contributed by atoms with Crippen molar-refractivity contribution in [2.24, 2.45) is 11.7 Å². The van der Waals surface area contributed by atoms with Gasteiger partial charge in [0.25, 0.3) is 0 Å². The third-order valence-corrected chi connectivity index (χ3v) is 3.94. The molecular formula is C15H23N3O2. The Balaban J connectivity index is 2.07. The number of hydrogen-bond donors (Lipinski definition) is 1. The molecule has 5 nitrogen and oxygen atoms in total. The van der Waals surface area contributed by atoms with E-state index in [9.17, 15) is 4.79 Å². The van der Waals surface area contributed by atoms with Gasteiger partial charge in [0, 0.05) is 19.1 Å². The first-order valence-corrected chi connectivity index (χ1v) is 7.12. The number of carbonyl (C=O) groups excluding carboxylic acids is 1. The number of ether oxygens (including phenoxy) is 1. The summed E-state index contributed by atoms with van der Waals surface area (Å²) >= 11 is 0. The number of esters is 1. The first kappa shape index (κ1) is 14.9. The van der Waals surface area contributed by atoms with Crippen LogP contribution in [0.15, 0.2) is 18.2 Å². The monoisotopic (exact) mass is 277 g/mol. The van der Waals surface area contributed by atoms with E-state index in [0.29, 0.717) is 18.3 Å². The molecule has 1 aromatic heterocycles. The number of carbonyl (C=O) groups is 1. The van der Waals surface area contributed by atoms with Crippen molar-refractivity contribution in [3.8, 4) is 0 Å². The van der Waals surface area contributed by atoms with Gasteiger partial charge in [0.15, 0.2) is 0 Å². The fraction of sp³-hybridized carbons (Fsp3) is 0.600. The molecule has 1 aromatic rings. The molecule has 2 unspecified atom stereocenters. The normalized spacial score (nSPS) is 23.6. The molecule has 2 N–H and O–H groups in total. The summed E-state index contributed by atoms with van der Waals surface area (Å²) in [5.41, 5.74) is 7.12. The van der Waals surface area contributed by atoms with Crippen LogP contribution in [0.3, 0.4) is 0 Å². The Bertz CT molecular complexity index is 464. The van der Waals surface area contributed by atoms with Crippen molar-refractivity contribution in [3.05, 3.63) is 29.6 Å². The molecule has 0 aliphatic carbocycles. The van der Waals surface area contributed by atoms with Crippen LogP contribution >= 0.6 is 0 Å². The van der Waals surface area contributed by atoms with E-state index in [0.717, 1.165) is 31.1 Å². The van der Waals surface area contributed by atoms with Crippen LogP contribution in [0.1, 0.15) is 35.9 Å². The van der Waals surface area contributed by atoms with E-state index >= 15 is 0 Å². The van der Waals surface area contributed by atoms with Crippen molar-refractivity contribution >= 4 is 5.97 Å². The van der Waals surface area contributed by atoms with Gasteiger partial charge in [-0.15, -0.1) is 0 Å². The second-order valence-electron chi connectivity index (χ2n) is 5.50. The molecule has 0 amide bonds. The number of methoxy groups -OCH3 is 1. The lowest BCUT2D eigenvalue weighted by atomic mass is 9.92. The molecule has 5 heteroatoms. The maximum atomic E-state index is 11.5. The molecule has 1 fully saturated rings. The maximum Gasteiger partial charge on any atom is 0.356 e. The quantitative estimate of drug-likeness (QED) is 0.843. The summed E-state index contributed by atoms with van der Waals surface area (Å²) in [6.45, 7) is 4.71. The Kier molecular flexibility index (Phi) is 5.09. The number of aromatic nitrogens is 1. The fourth-order valence-electron chi connectivity index (χ4n) is 2.75. The maximum absolute atomic E-state index is 11.5. The van der Waals surface area contributed by atoms with E-state index in [4.69, 9.17) is 10.5 Å². The molecule has 2 heterocycles. The van der Waals surface area contributed by atoms with Gasteiger partial charge in [0.1, 0.15) is 5.69 Å². The molecule has 0 bridgehead atoms. The highest BCUT2D eigenvalue weighted by Crippen LogP contribution is 2.23. The summed E-state index contributed by atoms with van der Waals surface area (Å²) in [5.74, 6) is 0.337. The largest absolute Gasteiger partial charge is 0.464 e. The molecular weight excluding hydrogens is 254 g/mol. The van der Waals surface area contributed by atoms with E-state index in [2.05, 4.69) is 16.8 Å². The van der Waals surface area contributed by atoms with Crippen LogP contribution in [0.25, 0.3) is 0 Å². The van der Waals surface area contributed by atoms with Gasteiger partial charge in [0.05, 0.1) is 12.8 Å². The van der Waals surface area contributed by atoms with Crippen LogP contribution in [-0.4, -0.2) is 42.1 Å². The van der Waals surface area contributed by atoms with Crippen molar-refractivity contribution in [2.45, 2.75) is 32.4 Å². The van der Waals surface area contributed by atoms with Crippen LogP contribution < -0.4 is 5.73 Å². The van der Waals surface area contributed by atoms with E-state index in [1.54, 1.807) is 6.07 Å². The predicted octanol–water partition coefficient (Wildman–Crippen LogP) is 1.43. The minimum absolute atomic E-state index is 0.361. The average molecular weight is 277 g/mol. The summed E-state index contributed by atoms with van der Waals surface area (Å²) < 4.78 is 4.70. The summed E-state index contributed by atoms with van der Waals surface area (Å²) in [5, 5.41) is 0. The minimum Gasteiger partial charge on any atom is -0.464 e. The number of nitrogens with zero attached hydrogens (tertiary/aromatic N) is 2. The Labute approximate surface area is 120 Å². The number of rotatable bonds is 4. The summed E-state index contributed by atoms with van der Waals surface area (Å²) in [6.07, 6.45) is 2.32. The van der Waals surface area contributed by atoms with Crippen molar-refractivity contribution in [3.63, 3.8) is 0 Å². The molecule has 0 spiro atoms. The van der Waals surface area contributed by atoms with Crippen molar-refractivity contribution < 1.29 is 9.53 Å². The summed E-state index contributed by atoms with van der Waals surface area (Å²) in [6, 6.07) is 5.87. The van der Waals surface area contributed by atoms with Gasteiger partial charge in [-0.25, -0.2) is 9.78 Å². The fourth-order valence-corrected chi connectivity index (χ4v) is 2.75. The topological polar surface area (TPSA) is 68.5 Å².